The van der Waals surface area contributed by atoms with E-state index in [1.54, 1.807) is 0 Å². The molecule has 0 heterocycles. The Morgan fingerprint density at radius 2 is 1.89 bits per heavy atom. The van der Waals surface area contributed by atoms with Crippen molar-refractivity contribution in [3.05, 3.63) is 57.0 Å². The van der Waals surface area contributed by atoms with Gasteiger partial charge in [-0.1, -0.05) is 44.0 Å². The van der Waals surface area contributed by atoms with Crippen molar-refractivity contribution < 1.29 is 4.21 Å². The zero-order valence-electron chi connectivity index (χ0n) is 9.40. The molecule has 0 aromatic heterocycles. The van der Waals surface area contributed by atoms with Crippen LogP contribution in [0.3, 0.4) is 0 Å². The van der Waals surface area contributed by atoms with E-state index in [9.17, 15) is 4.21 Å². The van der Waals surface area contributed by atoms with Gasteiger partial charge in [0, 0.05) is 19.5 Å². The number of nitrogens with two attached hydrogens (primary N) is 1. The molecule has 0 aliphatic carbocycles. The average Bonchev–Trinajstić information content (AvgIpc) is 2.32. The summed E-state index contributed by atoms with van der Waals surface area (Å²) in [5.74, 6) is 0.470. The molecule has 2 aromatic rings. The highest BCUT2D eigenvalue weighted by atomic mass is 79.9. The SMILES string of the molecule is Nc1ccc(CS(=O)c2cccc(Br)c2)c(Br)c1. The van der Waals surface area contributed by atoms with Crippen molar-refractivity contribution in [3.63, 3.8) is 0 Å². The quantitative estimate of drug-likeness (QED) is 0.804. The first kappa shape index (κ1) is 13.8. The number of hydrogen-bond acceptors (Lipinski definition) is 2. The van der Waals surface area contributed by atoms with Gasteiger partial charge in [0.2, 0.25) is 0 Å². The average molecular weight is 389 g/mol. The third-order valence-electron chi connectivity index (χ3n) is 2.42. The van der Waals surface area contributed by atoms with Gasteiger partial charge in [-0.15, -0.1) is 0 Å². The molecule has 0 saturated heterocycles. The van der Waals surface area contributed by atoms with Gasteiger partial charge in [-0.05, 0) is 35.9 Å². The van der Waals surface area contributed by atoms with Crippen molar-refractivity contribution in [3.8, 4) is 0 Å². The molecular weight excluding hydrogens is 378 g/mol. The highest BCUT2D eigenvalue weighted by Crippen LogP contribution is 2.23. The summed E-state index contributed by atoms with van der Waals surface area (Å²) in [6.07, 6.45) is 0. The van der Waals surface area contributed by atoms with Crippen LogP contribution in [0.4, 0.5) is 5.69 Å². The molecule has 0 spiro atoms. The summed E-state index contributed by atoms with van der Waals surface area (Å²) in [4.78, 5) is 0.813. The maximum Gasteiger partial charge on any atom is 0.0574 e. The molecule has 0 amide bonds. The van der Waals surface area contributed by atoms with E-state index in [1.807, 2.05) is 42.5 Å². The van der Waals surface area contributed by atoms with Gasteiger partial charge in [0.05, 0.1) is 16.6 Å². The normalized spacial score (nSPS) is 12.3. The second-order valence-corrected chi connectivity index (χ2v) is 7.02. The van der Waals surface area contributed by atoms with Crippen LogP contribution in [0.25, 0.3) is 0 Å². The molecule has 1 unspecified atom stereocenters. The lowest BCUT2D eigenvalue weighted by Crippen LogP contribution is -1.98. The highest BCUT2D eigenvalue weighted by molar-refractivity contribution is 9.10. The van der Waals surface area contributed by atoms with Gasteiger partial charge in [-0.25, -0.2) is 0 Å². The Balaban J connectivity index is 2.21. The monoisotopic (exact) mass is 387 g/mol. The van der Waals surface area contributed by atoms with Gasteiger partial charge in [-0.2, -0.15) is 0 Å². The van der Waals surface area contributed by atoms with E-state index >= 15 is 0 Å². The lowest BCUT2D eigenvalue weighted by atomic mass is 10.2. The molecule has 2 aromatic carbocycles. The van der Waals surface area contributed by atoms with Crippen molar-refractivity contribution >= 4 is 48.3 Å². The van der Waals surface area contributed by atoms with Crippen molar-refractivity contribution in [1.82, 2.24) is 0 Å². The molecule has 0 radical (unpaired) electrons. The van der Waals surface area contributed by atoms with Gasteiger partial charge in [0.25, 0.3) is 0 Å². The van der Waals surface area contributed by atoms with Crippen LogP contribution in [0.1, 0.15) is 5.56 Å². The minimum absolute atomic E-state index is 0.470. The Morgan fingerprint density at radius 1 is 1.11 bits per heavy atom. The Kier molecular flexibility index (Phi) is 4.59. The summed E-state index contributed by atoms with van der Waals surface area (Å²) < 4.78 is 14.1. The van der Waals surface area contributed by atoms with Gasteiger partial charge < -0.3 is 5.73 Å². The number of hydrogen-bond donors (Lipinski definition) is 1. The fourth-order valence-corrected chi connectivity index (χ4v) is 3.98. The lowest BCUT2D eigenvalue weighted by Gasteiger charge is -2.06. The Bertz CT molecular complexity index is 601. The molecule has 1 atom stereocenters. The number of anilines is 1. The fraction of sp³-hybridized carbons (Fsp3) is 0.0769. The predicted octanol–water partition coefficient (Wildman–Crippen LogP) is 4.10. The van der Waals surface area contributed by atoms with Crippen LogP contribution in [-0.2, 0) is 16.6 Å². The van der Waals surface area contributed by atoms with Crippen LogP contribution in [0.2, 0.25) is 0 Å². The summed E-state index contributed by atoms with van der Waals surface area (Å²) in [5, 5.41) is 0. The minimum atomic E-state index is -1.06. The number of nitrogen functional groups attached to an aromatic ring is 1. The minimum Gasteiger partial charge on any atom is -0.399 e. The van der Waals surface area contributed by atoms with Gasteiger partial charge >= 0.3 is 0 Å². The molecule has 94 valence electrons. The maximum absolute atomic E-state index is 12.2. The van der Waals surface area contributed by atoms with Crippen LogP contribution in [0.5, 0.6) is 0 Å². The van der Waals surface area contributed by atoms with Crippen LogP contribution >= 0.6 is 31.9 Å². The molecule has 0 aliphatic heterocycles. The van der Waals surface area contributed by atoms with Crippen molar-refractivity contribution in [2.24, 2.45) is 0 Å². The van der Waals surface area contributed by atoms with E-state index in [2.05, 4.69) is 31.9 Å². The maximum atomic E-state index is 12.2. The van der Waals surface area contributed by atoms with E-state index in [0.717, 1.165) is 19.4 Å². The van der Waals surface area contributed by atoms with Gasteiger partial charge in [0.1, 0.15) is 0 Å². The van der Waals surface area contributed by atoms with Gasteiger partial charge in [0.15, 0.2) is 0 Å². The van der Waals surface area contributed by atoms with E-state index in [0.29, 0.717) is 11.4 Å². The Morgan fingerprint density at radius 3 is 2.56 bits per heavy atom. The molecule has 0 fully saturated rings. The zero-order chi connectivity index (χ0) is 13.1. The number of benzene rings is 2. The third kappa shape index (κ3) is 3.43. The number of halogens is 2. The second-order valence-electron chi connectivity index (χ2n) is 3.80. The van der Waals surface area contributed by atoms with Crippen molar-refractivity contribution in [1.29, 1.82) is 0 Å². The van der Waals surface area contributed by atoms with Crippen LogP contribution in [0, 0.1) is 0 Å². The summed E-state index contributed by atoms with van der Waals surface area (Å²) in [6, 6.07) is 13.1. The smallest absolute Gasteiger partial charge is 0.0574 e. The van der Waals surface area contributed by atoms with Crippen LogP contribution < -0.4 is 5.73 Å². The molecule has 2 rings (SSSR count). The highest BCUT2D eigenvalue weighted by Gasteiger charge is 2.08. The summed E-state index contributed by atoms with van der Waals surface area (Å²) in [7, 11) is -1.06. The largest absolute Gasteiger partial charge is 0.399 e. The Labute approximate surface area is 125 Å². The summed E-state index contributed by atoms with van der Waals surface area (Å²) >= 11 is 6.82. The molecule has 5 heteroatoms. The molecule has 2 N–H and O–H groups in total. The van der Waals surface area contributed by atoms with Crippen molar-refractivity contribution in [2.45, 2.75) is 10.6 Å². The van der Waals surface area contributed by atoms with E-state index in [4.69, 9.17) is 5.73 Å². The van der Waals surface area contributed by atoms with Crippen LogP contribution in [0.15, 0.2) is 56.3 Å². The van der Waals surface area contributed by atoms with E-state index < -0.39 is 10.8 Å². The molecular formula is C13H11Br2NOS. The summed E-state index contributed by atoms with van der Waals surface area (Å²) in [6.45, 7) is 0. The fourth-order valence-electron chi connectivity index (χ4n) is 1.51. The standard InChI is InChI=1S/C13H11Br2NOS/c14-10-2-1-3-12(6-10)18(17)8-9-4-5-11(16)7-13(9)15/h1-7H,8,16H2. The first-order chi connectivity index (χ1) is 8.56. The van der Waals surface area contributed by atoms with Crippen molar-refractivity contribution in [2.75, 3.05) is 5.73 Å². The molecule has 0 saturated carbocycles. The molecule has 2 nitrogen and oxygen atoms in total. The lowest BCUT2D eigenvalue weighted by molar-refractivity contribution is 0.682. The van der Waals surface area contributed by atoms with E-state index in [1.165, 1.54) is 0 Å². The zero-order valence-corrected chi connectivity index (χ0v) is 13.4. The molecule has 18 heavy (non-hydrogen) atoms. The topological polar surface area (TPSA) is 43.1 Å². The summed E-state index contributed by atoms with van der Waals surface area (Å²) in [5.41, 5.74) is 7.36. The van der Waals surface area contributed by atoms with E-state index in [-0.39, 0.29) is 0 Å². The predicted molar refractivity (Wildman–Crippen MR) is 82.8 cm³/mol. The number of rotatable bonds is 3. The molecule has 0 aliphatic rings. The third-order valence-corrected chi connectivity index (χ3v) is 5.01. The van der Waals surface area contributed by atoms with Crippen LogP contribution in [-0.4, -0.2) is 4.21 Å². The second kappa shape index (κ2) is 5.99. The van der Waals surface area contributed by atoms with Gasteiger partial charge in [-0.3, -0.25) is 4.21 Å². The first-order valence-corrected chi connectivity index (χ1v) is 8.14. The first-order valence-electron chi connectivity index (χ1n) is 5.24. The Hall–Kier alpha value is -0.650. The molecule has 0 bridgehead atoms.